The second kappa shape index (κ2) is 7.74. The van der Waals surface area contributed by atoms with E-state index in [9.17, 15) is 9.59 Å². The summed E-state index contributed by atoms with van der Waals surface area (Å²) in [4.78, 5) is 29.0. The first-order valence-corrected chi connectivity index (χ1v) is 9.29. The number of hydrogen-bond acceptors (Lipinski definition) is 4. The van der Waals surface area contributed by atoms with Crippen LogP contribution in [-0.2, 0) is 9.59 Å². The topological polar surface area (TPSA) is 70.6 Å². The highest BCUT2D eigenvalue weighted by molar-refractivity contribution is 8.15. The number of nitrogens with zero attached hydrogens (tertiary/aromatic N) is 1. The Hall–Kier alpha value is -2.60. The summed E-state index contributed by atoms with van der Waals surface area (Å²) in [5.41, 5.74) is 4.75. The van der Waals surface area contributed by atoms with Crippen LogP contribution in [0, 0.1) is 20.8 Å². The third kappa shape index (κ3) is 4.32. The highest BCUT2D eigenvalue weighted by Crippen LogP contribution is 2.26. The Morgan fingerprint density at radius 2 is 1.77 bits per heavy atom. The van der Waals surface area contributed by atoms with Gasteiger partial charge in [-0.1, -0.05) is 47.7 Å². The molecule has 2 aromatic rings. The Morgan fingerprint density at radius 3 is 2.42 bits per heavy atom. The number of carbonyl (C=O) groups is 2. The maximum Gasteiger partial charge on any atom is 0.240 e. The molecule has 1 fully saturated rings. The maximum atomic E-state index is 12.4. The van der Waals surface area contributed by atoms with Crippen molar-refractivity contribution in [3.05, 3.63) is 59.2 Å². The van der Waals surface area contributed by atoms with Crippen molar-refractivity contribution in [1.29, 1.82) is 0 Å². The van der Waals surface area contributed by atoms with Gasteiger partial charge in [0.1, 0.15) is 5.25 Å². The lowest BCUT2D eigenvalue weighted by Gasteiger charge is -2.12. The lowest BCUT2D eigenvalue weighted by atomic mass is 10.1. The molecule has 134 valence electrons. The van der Waals surface area contributed by atoms with Crippen LogP contribution in [0.2, 0.25) is 0 Å². The number of aryl methyl sites for hydroxylation is 3. The zero-order valence-corrected chi connectivity index (χ0v) is 15.8. The number of carbonyl (C=O) groups excluding carboxylic acids is 2. The number of rotatable bonds is 4. The minimum atomic E-state index is -0.469. The largest absolute Gasteiger partial charge is 0.326 e. The van der Waals surface area contributed by atoms with Crippen LogP contribution in [0.1, 0.15) is 23.1 Å². The number of amidine groups is 1. The first-order chi connectivity index (χ1) is 12.4. The van der Waals surface area contributed by atoms with Gasteiger partial charge in [-0.3, -0.25) is 9.59 Å². The molecule has 2 N–H and O–H groups in total. The fraction of sp³-hybridized carbons (Fsp3) is 0.250. The van der Waals surface area contributed by atoms with Crippen LogP contribution < -0.4 is 10.6 Å². The van der Waals surface area contributed by atoms with Crippen molar-refractivity contribution in [1.82, 2.24) is 5.32 Å². The molecule has 0 radical (unpaired) electrons. The Balaban J connectivity index is 1.64. The molecule has 0 aliphatic carbocycles. The average molecular weight is 367 g/mol. The number of amides is 2. The number of benzene rings is 2. The van der Waals surface area contributed by atoms with Crippen molar-refractivity contribution in [2.45, 2.75) is 32.4 Å². The summed E-state index contributed by atoms with van der Waals surface area (Å²) in [6.45, 7) is 5.91. The van der Waals surface area contributed by atoms with E-state index in [0.717, 1.165) is 28.1 Å². The Labute approximate surface area is 157 Å². The number of anilines is 1. The average Bonchev–Trinajstić information content (AvgIpc) is 2.92. The van der Waals surface area contributed by atoms with E-state index in [1.165, 1.54) is 11.8 Å². The maximum absolute atomic E-state index is 12.4. The van der Waals surface area contributed by atoms with E-state index < -0.39 is 5.25 Å². The second-order valence-electron chi connectivity index (χ2n) is 6.37. The van der Waals surface area contributed by atoms with Gasteiger partial charge < -0.3 is 10.6 Å². The number of aliphatic imine (C=N–C) groups is 1. The van der Waals surface area contributed by atoms with Gasteiger partial charge in [0.25, 0.3) is 0 Å². The van der Waals surface area contributed by atoms with Gasteiger partial charge in [-0.05, 0) is 44.0 Å². The second-order valence-corrected chi connectivity index (χ2v) is 7.56. The van der Waals surface area contributed by atoms with Crippen LogP contribution in [-0.4, -0.2) is 22.2 Å². The van der Waals surface area contributed by atoms with Crippen LogP contribution in [0.3, 0.4) is 0 Å². The smallest absolute Gasteiger partial charge is 0.240 e. The predicted octanol–water partition coefficient (Wildman–Crippen LogP) is 3.86. The van der Waals surface area contributed by atoms with Crippen LogP contribution in [0.25, 0.3) is 0 Å². The molecular weight excluding hydrogens is 346 g/mol. The molecule has 0 saturated carbocycles. The van der Waals surface area contributed by atoms with Crippen LogP contribution >= 0.6 is 11.8 Å². The van der Waals surface area contributed by atoms with Crippen molar-refractivity contribution in [3.63, 3.8) is 0 Å². The summed E-state index contributed by atoms with van der Waals surface area (Å²) in [5, 5.41) is 5.74. The third-order valence-corrected chi connectivity index (χ3v) is 5.24. The molecule has 0 spiro atoms. The van der Waals surface area contributed by atoms with Gasteiger partial charge in [-0.15, -0.1) is 0 Å². The standard InChI is InChI=1S/C20H21N3O2S/c1-12-7-9-15(10-8-12)21-20-23-19(25)16(26-20)11-17(24)22-18-13(2)5-4-6-14(18)3/h4-10,16H,11H2,1-3H3,(H,22,24)(H,21,23,25)/t16-/m1/s1. The van der Waals surface area contributed by atoms with E-state index in [0.29, 0.717) is 5.17 Å². The van der Waals surface area contributed by atoms with Crippen molar-refractivity contribution in [3.8, 4) is 0 Å². The van der Waals surface area contributed by atoms with Crippen molar-refractivity contribution in [2.24, 2.45) is 4.99 Å². The zero-order chi connectivity index (χ0) is 18.7. The Bertz CT molecular complexity index is 855. The summed E-state index contributed by atoms with van der Waals surface area (Å²) in [6.07, 6.45) is 0.108. The van der Waals surface area contributed by atoms with E-state index in [1.807, 2.05) is 63.2 Å². The number of thioether (sulfide) groups is 1. The van der Waals surface area contributed by atoms with Gasteiger partial charge >= 0.3 is 0 Å². The SMILES string of the molecule is Cc1ccc(N=C2NC(=O)[C@@H](CC(=O)Nc3c(C)cccc3C)S2)cc1. The fourth-order valence-corrected chi connectivity index (χ4v) is 3.69. The molecule has 1 saturated heterocycles. The molecule has 1 atom stereocenters. The Kier molecular flexibility index (Phi) is 5.42. The lowest BCUT2D eigenvalue weighted by Crippen LogP contribution is -2.28. The molecule has 1 aliphatic heterocycles. The molecule has 2 aromatic carbocycles. The predicted molar refractivity (Wildman–Crippen MR) is 107 cm³/mol. The molecular formula is C20H21N3O2S. The quantitative estimate of drug-likeness (QED) is 0.862. The van der Waals surface area contributed by atoms with Gasteiger partial charge in [-0.25, -0.2) is 4.99 Å². The van der Waals surface area contributed by atoms with Crippen LogP contribution in [0.4, 0.5) is 11.4 Å². The molecule has 1 heterocycles. The molecule has 0 bridgehead atoms. The molecule has 2 amide bonds. The molecule has 0 unspecified atom stereocenters. The van der Waals surface area contributed by atoms with Gasteiger partial charge in [0, 0.05) is 12.1 Å². The number of nitrogens with one attached hydrogen (secondary N) is 2. The highest BCUT2D eigenvalue weighted by Gasteiger charge is 2.32. The molecule has 5 nitrogen and oxygen atoms in total. The Morgan fingerprint density at radius 1 is 1.12 bits per heavy atom. The normalized spacial score (nSPS) is 18.0. The van der Waals surface area contributed by atoms with E-state index in [1.54, 1.807) is 0 Å². The summed E-state index contributed by atoms with van der Waals surface area (Å²) >= 11 is 1.29. The van der Waals surface area contributed by atoms with Gasteiger partial charge in [0.15, 0.2) is 5.17 Å². The monoisotopic (exact) mass is 367 g/mol. The van der Waals surface area contributed by atoms with E-state index >= 15 is 0 Å². The first kappa shape index (κ1) is 18.2. The minimum Gasteiger partial charge on any atom is -0.326 e. The molecule has 3 rings (SSSR count). The third-order valence-electron chi connectivity index (χ3n) is 4.16. The van der Waals surface area contributed by atoms with E-state index in [4.69, 9.17) is 0 Å². The molecule has 26 heavy (non-hydrogen) atoms. The van der Waals surface area contributed by atoms with Crippen molar-refractivity contribution < 1.29 is 9.59 Å². The first-order valence-electron chi connectivity index (χ1n) is 8.41. The van der Waals surface area contributed by atoms with Gasteiger partial charge in [-0.2, -0.15) is 0 Å². The highest BCUT2D eigenvalue weighted by atomic mass is 32.2. The minimum absolute atomic E-state index is 0.108. The van der Waals surface area contributed by atoms with Crippen LogP contribution in [0.15, 0.2) is 47.5 Å². The lowest BCUT2D eigenvalue weighted by molar-refractivity contribution is -0.122. The summed E-state index contributed by atoms with van der Waals surface area (Å²) in [5.74, 6) is -0.357. The summed E-state index contributed by atoms with van der Waals surface area (Å²) in [6, 6.07) is 13.6. The summed E-state index contributed by atoms with van der Waals surface area (Å²) in [7, 11) is 0. The molecule has 0 aromatic heterocycles. The molecule has 6 heteroatoms. The number of hydrogen-bond donors (Lipinski definition) is 2. The number of para-hydroxylation sites is 1. The zero-order valence-electron chi connectivity index (χ0n) is 15.0. The molecule has 1 aliphatic rings. The van der Waals surface area contributed by atoms with E-state index in [-0.39, 0.29) is 18.2 Å². The fourth-order valence-electron chi connectivity index (χ4n) is 2.70. The van der Waals surface area contributed by atoms with Gasteiger partial charge in [0.05, 0.1) is 5.69 Å². The van der Waals surface area contributed by atoms with Crippen molar-refractivity contribution >= 4 is 40.1 Å². The van der Waals surface area contributed by atoms with Crippen LogP contribution in [0.5, 0.6) is 0 Å². The summed E-state index contributed by atoms with van der Waals surface area (Å²) < 4.78 is 0. The van der Waals surface area contributed by atoms with E-state index in [2.05, 4.69) is 15.6 Å². The van der Waals surface area contributed by atoms with Gasteiger partial charge in [0.2, 0.25) is 11.8 Å². The van der Waals surface area contributed by atoms with Crippen molar-refractivity contribution in [2.75, 3.05) is 5.32 Å².